The third kappa shape index (κ3) is 62.9. The summed E-state index contributed by atoms with van der Waals surface area (Å²) in [6, 6.07) is 0. The quantitative estimate of drug-likeness (QED) is 0.0261. The zero-order valence-electron chi connectivity index (χ0n) is 51.1. The molecule has 0 aromatic carbocycles. The van der Waals surface area contributed by atoms with E-state index >= 15 is 0 Å². The molecule has 0 spiro atoms. The Morgan fingerprint density at radius 1 is 0.253 bits per heavy atom. The number of esters is 3. The first-order valence-corrected chi connectivity index (χ1v) is 34.2. The first-order valence-electron chi connectivity index (χ1n) is 34.2. The highest BCUT2D eigenvalue weighted by atomic mass is 16.6. The molecule has 75 heavy (non-hydrogen) atoms. The van der Waals surface area contributed by atoms with E-state index in [-0.39, 0.29) is 31.1 Å². The van der Waals surface area contributed by atoms with Crippen molar-refractivity contribution in [1.82, 2.24) is 0 Å². The second-order valence-corrected chi connectivity index (χ2v) is 23.5. The zero-order chi connectivity index (χ0) is 54.3. The maximum atomic E-state index is 12.9. The van der Waals surface area contributed by atoms with E-state index in [1.807, 2.05) is 0 Å². The summed E-state index contributed by atoms with van der Waals surface area (Å²) < 4.78 is 17.0. The molecule has 0 radical (unpaired) electrons. The molecule has 0 bridgehead atoms. The lowest BCUT2D eigenvalue weighted by molar-refractivity contribution is -0.167. The standard InChI is InChI=1S/C69H132O6/c1-4-7-10-13-16-19-22-25-27-29-31-33-34-35-37-38-40-42-44-47-50-53-56-59-62-68(71)74-65-66(64-73-67(70)61-58-55-52-49-46-24-21-18-15-12-9-6-3)75-69(72)63-60-57-54-51-48-45-43-41-39-36-32-30-28-26-23-20-17-14-11-8-5-2/h18,21,66H,4-17,19-20,22-65H2,1-3H3/b21-18-. The van der Waals surface area contributed by atoms with E-state index in [2.05, 4.69) is 32.9 Å². The van der Waals surface area contributed by atoms with Crippen molar-refractivity contribution in [2.45, 2.75) is 399 Å². The van der Waals surface area contributed by atoms with Gasteiger partial charge in [0.25, 0.3) is 0 Å². The lowest BCUT2D eigenvalue weighted by atomic mass is 10.0. The molecule has 0 fully saturated rings. The fraction of sp³-hybridized carbons (Fsp3) is 0.928. The van der Waals surface area contributed by atoms with Gasteiger partial charge in [0.2, 0.25) is 0 Å². The van der Waals surface area contributed by atoms with Crippen molar-refractivity contribution in [2.24, 2.45) is 0 Å². The van der Waals surface area contributed by atoms with Gasteiger partial charge < -0.3 is 14.2 Å². The second kappa shape index (κ2) is 64.7. The summed E-state index contributed by atoms with van der Waals surface area (Å²) in [5, 5.41) is 0. The number of carbonyl (C=O) groups excluding carboxylic acids is 3. The summed E-state index contributed by atoms with van der Waals surface area (Å²) in [7, 11) is 0. The molecular weight excluding hydrogens is 925 g/mol. The van der Waals surface area contributed by atoms with Gasteiger partial charge in [0.15, 0.2) is 6.10 Å². The highest BCUT2D eigenvalue weighted by Crippen LogP contribution is 2.19. The topological polar surface area (TPSA) is 78.9 Å². The van der Waals surface area contributed by atoms with Crippen molar-refractivity contribution < 1.29 is 28.6 Å². The molecule has 0 aliphatic heterocycles. The van der Waals surface area contributed by atoms with Gasteiger partial charge in [-0.15, -0.1) is 0 Å². The number of hydrogen-bond donors (Lipinski definition) is 0. The lowest BCUT2D eigenvalue weighted by Crippen LogP contribution is -2.30. The molecule has 6 nitrogen and oxygen atoms in total. The van der Waals surface area contributed by atoms with Crippen molar-refractivity contribution in [3.05, 3.63) is 12.2 Å². The Morgan fingerprint density at radius 3 is 0.693 bits per heavy atom. The van der Waals surface area contributed by atoms with Gasteiger partial charge in [-0.25, -0.2) is 0 Å². The summed E-state index contributed by atoms with van der Waals surface area (Å²) in [5.74, 6) is -0.842. The first kappa shape index (κ1) is 73.2. The predicted molar refractivity (Wildman–Crippen MR) is 326 cm³/mol. The van der Waals surface area contributed by atoms with Crippen LogP contribution in [0.3, 0.4) is 0 Å². The molecule has 444 valence electrons. The molecule has 1 atom stereocenters. The molecule has 0 amide bonds. The Balaban J connectivity index is 4.19. The number of carbonyl (C=O) groups is 3. The van der Waals surface area contributed by atoms with Crippen LogP contribution in [0.5, 0.6) is 0 Å². The number of unbranched alkanes of at least 4 members (excludes halogenated alkanes) is 51. The Labute approximate surface area is 469 Å². The van der Waals surface area contributed by atoms with E-state index in [0.717, 1.165) is 64.2 Å². The van der Waals surface area contributed by atoms with Crippen LogP contribution in [-0.2, 0) is 28.6 Å². The van der Waals surface area contributed by atoms with Crippen molar-refractivity contribution >= 4 is 17.9 Å². The number of hydrogen-bond acceptors (Lipinski definition) is 6. The maximum absolute atomic E-state index is 12.9. The van der Waals surface area contributed by atoms with Crippen molar-refractivity contribution in [3.8, 4) is 0 Å². The summed E-state index contributed by atoms with van der Waals surface area (Å²) in [5.41, 5.74) is 0. The van der Waals surface area contributed by atoms with Crippen LogP contribution >= 0.6 is 0 Å². The van der Waals surface area contributed by atoms with Crippen molar-refractivity contribution in [1.29, 1.82) is 0 Å². The van der Waals surface area contributed by atoms with Gasteiger partial charge in [-0.1, -0.05) is 341 Å². The van der Waals surface area contributed by atoms with Crippen LogP contribution in [0.1, 0.15) is 393 Å². The summed E-state index contributed by atoms with van der Waals surface area (Å²) in [6.45, 7) is 6.70. The summed E-state index contributed by atoms with van der Waals surface area (Å²) >= 11 is 0. The minimum Gasteiger partial charge on any atom is -0.462 e. The molecule has 0 saturated carbocycles. The molecule has 0 N–H and O–H groups in total. The molecule has 0 rings (SSSR count). The minimum absolute atomic E-state index is 0.0659. The van der Waals surface area contributed by atoms with E-state index in [1.54, 1.807) is 0 Å². The maximum Gasteiger partial charge on any atom is 0.306 e. The summed E-state index contributed by atoms with van der Waals surface area (Å²) in [4.78, 5) is 38.3. The van der Waals surface area contributed by atoms with E-state index in [0.29, 0.717) is 19.3 Å². The number of rotatable bonds is 64. The molecule has 0 aliphatic carbocycles. The van der Waals surface area contributed by atoms with E-state index in [4.69, 9.17) is 14.2 Å². The van der Waals surface area contributed by atoms with E-state index < -0.39 is 6.10 Å². The van der Waals surface area contributed by atoms with Gasteiger partial charge in [0.05, 0.1) is 0 Å². The van der Waals surface area contributed by atoms with Crippen LogP contribution in [0.15, 0.2) is 12.2 Å². The molecule has 0 aromatic rings. The average molecular weight is 1060 g/mol. The van der Waals surface area contributed by atoms with Crippen molar-refractivity contribution in [3.63, 3.8) is 0 Å². The molecule has 6 heteroatoms. The Bertz CT molecular complexity index is 1170. The van der Waals surface area contributed by atoms with Crippen LogP contribution in [0.2, 0.25) is 0 Å². The second-order valence-electron chi connectivity index (χ2n) is 23.5. The molecular formula is C69H132O6. The fourth-order valence-corrected chi connectivity index (χ4v) is 10.6. The fourth-order valence-electron chi connectivity index (χ4n) is 10.6. The third-order valence-electron chi connectivity index (χ3n) is 15.8. The van der Waals surface area contributed by atoms with E-state index in [1.165, 1.54) is 289 Å². The molecule has 0 aliphatic rings. The lowest BCUT2D eigenvalue weighted by Gasteiger charge is -2.18. The highest BCUT2D eigenvalue weighted by Gasteiger charge is 2.19. The van der Waals surface area contributed by atoms with Crippen molar-refractivity contribution in [2.75, 3.05) is 13.2 Å². The average Bonchev–Trinajstić information content (AvgIpc) is 3.41. The van der Waals surface area contributed by atoms with Gasteiger partial charge in [-0.05, 0) is 44.9 Å². The number of allylic oxidation sites excluding steroid dienone is 2. The van der Waals surface area contributed by atoms with Gasteiger partial charge in [0.1, 0.15) is 13.2 Å². The predicted octanol–water partition coefficient (Wildman–Crippen LogP) is 23.2. The SMILES string of the molecule is CCCCC/C=C\CCCCCCCC(=O)OCC(COC(=O)CCCCCCCCCCCCCCCCCCCCCCCCCC)OC(=O)CCCCCCCCCCCCCCCCCCCCCCC. The molecule has 0 saturated heterocycles. The Hall–Kier alpha value is -1.85. The Morgan fingerprint density at radius 2 is 0.440 bits per heavy atom. The monoisotopic (exact) mass is 1060 g/mol. The Kier molecular flexibility index (Phi) is 63.1. The van der Waals surface area contributed by atoms with E-state index in [9.17, 15) is 14.4 Å². The van der Waals surface area contributed by atoms with Crippen LogP contribution < -0.4 is 0 Å². The minimum atomic E-state index is -0.769. The normalized spacial score (nSPS) is 12.0. The first-order chi connectivity index (χ1) is 37.0. The zero-order valence-corrected chi connectivity index (χ0v) is 51.1. The van der Waals surface area contributed by atoms with Gasteiger partial charge in [0, 0.05) is 19.3 Å². The highest BCUT2D eigenvalue weighted by molar-refractivity contribution is 5.71. The molecule has 0 aromatic heterocycles. The van der Waals surface area contributed by atoms with Gasteiger partial charge in [-0.3, -0.25) is 14.4 Å². The van der Waals surface area contributed by atoms with Crippen LogP contribution in [0.4, 0.5) is 0 Å². The molecule has 0 heterocycles. The smallest absolute Gasteiger partial charge is 0.306 e. The largest absolute Gasteiger partial charge is 0.462 e. The number of ether oxygens (including phenoxy) is 3. The van der Waals surface area contributed by atoms with Crippen LogP contribution in [-0.4, -0.2) is 37.2 Å². The van der Waals surface area contributed by atoms with Crippen LogP contribution in [0, 0.1) is 0 Å². The molecule has 1 unspecified atom stereocenters. The van der Waals surface area contributed by atoms with Gasteiger partial charge >= 0.3 is 17.9 Å². The van der Waals surface area contributed by atoms with Crippen LogP contribution in [0.25, 0.3) is 0 Å². The van der Waals surface area contributed by atoms with Gasteiger partial charge in [-0.2, -0.15) is 0 Å². The third-order valence-corrected chi connectivity index (χ3v) is 15.8. The summed E-state index contributed by atoms with van der Waals surface area (Å²) in [6.07, 6.45) is 76.7.